The molecular weight excluding hydrogens is 372 g/mol. The minimum Gasteiger partial charge on any atom is -0.481 e. The van der Waals surface area contributed by atoms with E-state index in [-0.39, 0.29) is 11.3 Å². The van der Waals surface area contributed by atoms with Gasteiger partial charge in [0.2, 0.25) is 10.0 Å². The van der Waals surface area contributed by atoms with Crippen LogP contribution in [-0.4, -0.2) is 31.0 Å². The van der Waals surface area contributed by atoms with Gasteiger partial charge in [-0.25, -0.2) is 18.1 Å². The summed E-state index contributed by atoms with van der Waals surface area (Å²) in [7, 11) is -3.56. The SMILES string of the molecule is O=C(O)Cc1csc(CCCNS(=O)(=O)c2ccc3ccccc3c2)n1. The van der Waals surface area contributed by atoms with Crippen molar-refractivity contribution in [1.82, 2.24) is 9.71 Å². The minimum atomic E-state index is -3.56. The van der Waals surface area contributed by atoms with Gasteiger partial charge in [0.15, 0.2) is 0 Å². The average Bonchev–Trinajstić information content (AvgIpc) is 3.05. The van der Waals surface area contributed by atoms with Crippen molar-refractivity contribution in [1.29, 1.82) is 0 Å². The highest BCUT2D eigenvalue weighted by Gasteiger charge is 2.14. The molecule has 0 aliphatic carbocycles. The van der Waals surface area contributed by atoms with Crippen LogP contribution >= 0.6 is 11.3 Å². The predicted octanol–water partition coefficient (Wildman–Crippen LogP) is 2.83. The number of carboxylic acid groups (broad SMARTS) is 1. The molecule has 136 valence electrons. The van der Waals surface area contributed by atoms with Crippen LogP contribution in [0, 0.1) is 0 Å². The molecule has 0 bridgehead atoms. The zero-order valence-electron chi connectivity index (χ0n) is 13.9. The van der Waals surface area contributed by atoms with Gasteiger partial charge in [0.25, 0.3) is 0 Å². The summed E-state index contributed by atoms with van der Waals surface area (Å²) in [4.78, 5) is 15.1. The van der Waals surface area contributed by atoms with Gasteiger partial charge in [0.05, 0.1) is 22.0 Å². The number of hydrogen-bond donors (Lipinski definition) is 2. The fourth-order valence-corrected chi connectivity index (χ4v) is 4.51. The van der Waals surface area contributed by atoms with Gasteiger partial charge in [-0.05, 0) is 29.3 Å². The van der Waals surface area contributed by atoms with Gasteiger partial charge in [0, 0.05) is 18.3 Å². The van der Waals surface area contributed by atoms with Gasteiger partial charge < -0.3 is 5.11 Å². The van der Waals surface area contributed by atoms with Crippen LogP contribution in [0.4, 0.5) is 0 Å². The van der Waals surface area contributed by atoms with E-state index in [1.165, 1.54) is 11.3 Å². The molecule has 0 spiro atoms. The summed E-state index contributed by atoms with van der Waals surface area (Å²) in [5.41, 5.74) is 0.536. The number of nitrogens with zero attached hydrogens (tertiary/aromatic N) is 1. The number of carboxylic acids is 1. The number of aliphatic carboxylic acids is 1. The Morgan fingerprint density at radius 1 is 1.15 bits per heavy atom. The summed E-state index contributed by atoms with van der Waals surface area (Å²) in [5.74, 6) is -0.912. The van der Waals surface area contributed by atoms with Gasteiger partial charge in [-0.15, -0.1) is 11.3 Å². The van der Waals surface area contributed by atoms with Crippen molar-refractivity contribution in [3.63, 3.8) is 0 Å². The molecule has 0 atom stereocenters. The Hall–Kier alpha value is -2.29. The topological polar surface area (TPSA) is 96.4 Å². The number of rotatable bonds is 8. The van der Waals surface area contributed by atoms with E-state index in [9.17, 15) is 13.2 Å². The molecule has 2 aromatic carbocycles. The van der Waals surface area contributed by atoms with E-state index in [0.717, 1.165) is 15.8 Å². The Labute approximate surface area is 155 Å². The molecule has 1 heterocycles. The molecule has 3 rings (SSSR count). The smallest absolute Gasteiger partial charge is 0.309 e. The maximum Gasteiger partial charge on any atom is 0.309 e. The van der Waals surface area contributed by atoms with E-state index < -0.39 is 16.0 Å². The third-order valence-electron chi connectivity index (χ3n) is 3.82. The molecule has 0 unspecified atom stereocenters. The van der Waals surface area contributed by atoms with E-state index in [2.05, 4.69) is 9.71 Å². The minimum absolute atomic E-state index is 0.0922. The van der Waals surface area contributed by atoms with Crippen molar-refractivity contribution in [2.24, 2.45) is 0 Å². The molecule has 0 fully saturated rings. The first kappa shape index (κ1) is 18.5. The molecule has 0 amide bonds. The number of benzene rings is 2. The molecule has 0 aliphatic rings. The zero-order valence-corrected chi connectivity index (χ0v) is 15.5. The van der Waals surface area contributed by atoms with Crippen LogP contribution < -0.4 is 4.72 Å². The van der Waals surface area contributed by atoms with Crippen LogP contribution in [0.25, 0.3) is 10.8 Å². The maximum absolute atomic E-state index is 12.4. The highest BCUT2D eigenvalue weighted by atomic mass is 32.2. The number of aryl methyl sites for hydroxylation is 1. The normalized spacial score (nSPS) is 11.7. The molecule has 1 aromatic heterocycles. The second kappa shape index (κ2) is 7.94. The summed E-state index contributed by atoms with van der Waals surface area (Å²) >= 11 is 1.40. The Morgan fingerprint density at radius 2 is 1.92 bits per heavy atom. The number of fused-ring (bicyclic) bond motifs is 1. The molecule has 6 nitrogen and oxygen atoms in total. The van der Waals surface area contributed by atoms with E-state index in [1.54, 1.807) is 23.6 Å². The lowest BCUT2D eigenvalue weighted by Gasteiger charge is -2.07. The van der Waals surface area contributed by atoms with Crippen molar-refractivity contribution < 1.29 is 18.3 Å². The van der Waals surface area contributed by atoms with Gasteiger partial charge in [-0.2, -0.15) is 0 Å². The maximum atomic E-state index is 12.4. The second-order valence-electron chi connectivity index (χ2n) is 5.81. The third-order valence-corrected chi connectivity index (χ3v) is 6.24. The van der Waals surface area contributed by atoms with Crippen molar-refractivity contribution in [3.05, 3.63) is 58.5 Å². The van der Waals surface area contributed by atoms with Crippen LogP contribution in [0.3, 0.4) is 0 Å². The Kier molecular flexibility index (Phi) is 5.65. The lowest BCUT2D eigenvalue weighted by Crippen LogP contribution is -2.25. The number of thiazole rings is 1. The molecule has 0 saturated heterocycles. The molecule has 3 aromatic rings. The number of nitrogens with one attached hydrogen (secondary N) is 1. The fourth-order valence-electron chi connectivity index (χ4n) is 2.56. The molecule has 2 N–H and O–H groups in total. The quantitative estimate of drug-likeness (QED) is 0.577. The van der Waals surface area contributed by atoms with Crippen molar-refractivity contribution in [2.75, 3.05) is 6.54 Å². The highest BCUT2D eigenvalue weighted by molar-refractivity contribution is 7.89. The highest BCUT2D eigenvalue weighted by Crippen LogP contribution is 2.19. The first-order valence-electron chi connectivity index (χ1n) is 8.07. The van der Waals surface area contributed by atoms with Gasteiger partial charge in [0.1, 0.15) is 0 Å². The van der Waals surface area contributed by atoms with Gasteiger partial charge in [-0.3, -0.25) is 4.79 Å². The predicted molar refractivity (Wildman–Crippen MR) is 101 cm³/mol. The molecule has 8 heteroatoms. The van der Waals surface area contributed by atoms with Gasteiger partial charge >= 0.3 is 5.97 Å². The standard InChI is InChI=1S/C18H18N2O4S2/c21-18(22)11-15-12-25-17(20-15)6-3-9-19-26(23,24)16-8-7-13-4-1-2-5-14(13)10-16/h1-2,4-5,7-8,10,12,19H,3,6,9,11H2,(H,21,22). The monoisotopic (exact) mass is 390 g/mol. The second-order valence-corrected chi connectivity index (χ2v) is 8.52. The number of hydrogen-bond acceptors (Lipinski definition) is 5. The molecule has 0 saturated carbocycles. The molecular formula is C18H18N2O4S2. The fraction of sp³-hybridized carbons (Fsp3) is 0.222. The van der Waals surface area contributed by atoms with Crippen LogP contribution in [-0.2, 0) is 27.7 Å². The molecule has 26 heavy (non-hydrogen) atoms. The first-order chi connectivity index (χ1) is 12.4. The number of aromatic nitrogens is 1. The van der Waals surface area contributed by atoms with E-state index in [0.29, 0.717) is 25.1 Å². The Balaban J connectivity index is 1.56. The van der Waals surface area contributed by atoms with E-state index in [1.807, 2.05) is 24.3 Å². The first-order valence-corrected chi connectivity index (χ1v) is 10.4. The van der Waals surface area contributed by atoms with Crippen molar-refractivity contribution in [2.45, 2.75) is 24.2 Å². The third kappa shape index (κ3) is 4.66. The van der Waals surface area contributed by atoms with E-state index in [4.69, 9.17) is 5.11 Å². The largest absolute Gasteiger partial charge is 0.481 e. The van der Waals surface area contributed by atoms with Crippen molar-refractivity contribution >= 4 is 38.1 Å². The lowest BCUT2D eigenvalue weighted by molar-refractivity contribution is -0.136. The average molecular weight is 390 g/mol. The number of sulfonamides is 1. The van der Waals surface area contributed by atoms with Crippen LogP contribution in [0.1, 0.15) is 17.1 Å². The summed E-state index contributed by atoms with van der Waals surface area (Å²) in [5, 5.41) is 13.1. The van der Waals surface area contributed by atoms with Crippen LogP contribution in [0.15, 0.2) is 52.7 Å². The molecule has 0 radical (unpaired) electrons. The van der Waals surface area contributed by atoms with Crippen molar-refractivity contribution in [3.8, 4) is 0 Å². The van der Waals surface area contributed by atoms with E-state index >= 15 is 0 Å². The Bertz CT molecular complexity index is 1030. The summed E-state index contributed by atoms with van der Waals surface area (Å²) in [6, 6.07) is 12.7. The summed E-state index contributed by atoms with van der Waals surface area (Å²) < 4.78 is 27.5. The zero-order chi connectivity index (χ0) is 18.6. The van der Waals surface area contributed by atoms with Crippen LogP contribution in [0.5, 0.6) is 0 Å². The Morgan fingerprint density at radius 3 is 2.69 bits per heavy atom. The lowest BCUT2D eigenvalue weighted by atomic mass is 10.1. The summed E-state index contributed by atoms with van der Waals surface area (Å²) in [6.07, 6.45) is 1.10. The summed E-state index contributed by atoms with van der Waals surface area (Å²) in [6.45, 7) is 0.295. The van der Waals surface area contributed by atoms with Gasteiger partial charge in [-0.1, -0.05) is 30.3 Å². The number of carbonyl (C=O) groups is 1. The molecule has 0 aliphatic heterocycles. The van der Waals surface area contributed by atoms with Crippen LogP contribution in [0.2, 0.25) is 0 Å².